The first-order valence-electron chi connectivity index (χ1n) is 18.5. The van der Waals surface area contributed by atoms with Crippen molar-refractivity contribution in [3.8, 4) is 5.75 Å². The zero-order valence-electron chi connectivity index (χ0n) is 31.7. The zero-order chi connectivity index (χ0) is 37.2. The van der Waals surface area contributed by atoms with Gasteiger partial charge < -0.3 is 26.4 Å². The molecule has 51 heavy (non-hydrogen) atoms. The Balaban J connectivity index is 0.000000286. The van der Waals surface area contributed by atoms with Crippen molar-refractivity contribution in [3.05, 3.63) is 84.1 Å². The number of amides is 1. The molecule has 4 rings (SSSR count). The van der Waals surface area contributed by atoms with Crippen LogP contribution >= 0.6 is 11.3 Å². The number of carbonyl (C=O) groups excluding carboxylic acids is 1. The Morgan fingerprint density at radius 3 is 2.06 bits per heavy atom. The quantitative estimate of drug-likeness (QED) is 0.0534. The van der Waals surface area contributed by atoms with Gasteiger partial charge in [-0.1, -0.05) is 110 Å². The second-order valence-corrected chi connectivity index (χ2v) is 14.2. The van der Waals surface area contributed by atoms with E-state index in [0.29, 0.717) is 33.9 Å². The molecule has 1 amide bonds. The first-order chi connectivity index (χ1) is 24.6. The number of nitrogen functional groups attached to an aromatic ring is 2. The number of nitrogens with one attached hydrogen (secondary N) is 1. The Labute approximate surface area is 309 Å². The number of carbonyl (C=O) groups is 1. The lowest BCUT2D eigenvalue weighted by Gasteiger charge is -2.32. The molecule has 9 nitrogen and oxygen atoms in total. The van der Waals surface area contributed by atoms with Gasteiger partial charge in [0.1, 0.15) is 5.75 Å². The van der Waals surface area contributed by atoms with E-state index in [0.717, 1.165) is 60.4 Å². The molecular formula is C41H59N7O2S. The topological polar surface area (TPSA) is 131 Å². The predicted molar refractivity (Wildman–Crippen MR) is 217 cm³/mol. The lowest BCUT2D eigenvalue weighted by Crippen LogP contribution is -2.33. The van der Waals surface area contributed by atoms with E-state index in [2.05, 4.69) is 80.0 Å². The molecule has 10 heteroatoms. The van der Waals surface area contributed by atoms with Gasteiger partial charge in [-0.2, -0.15) is 0 Å². The summed E-state index contributed by atoms with van der Waals surface area (Å²) in [5.74, 6) is 2.31. The summed E-state index contributed by atoms with van der Waals surface area (Å²) in [5.41, 5.74) is 16.6. The second-order valence-electron chi connectivity index (χ2n) is 13.2. The molecule has 0 bridgehead atoms. The molecule has 0 saturated heterocycles. The smallest absolute Gasteiger partial charge is 0.255 e. The van der Waals surface area contributed by atoms with Gasteiger partial charge in [-0.25, -0.2) is 4.98 Å². The van der Waals surface area contributed by atoms with Gasteiger partial charge in [0.15, 0.2) is 10.1 Å². The van der Waals surface area contributed by atoms with Crippen LogP contribution in [0.25, 0.3) is 0 Å². The SMILES string of the molecule is CCC(CC)CN(CC(CC)CC)c1ccc(N)c(NC(=O)c2ccccc2)c1.CCCCOc1ccc(N=Nc2sc(N)nc2C(C)C)cc1. The first kappa shape index (κ1) is 41.0. The molecule has 1 heterocycles. The summed E-state index contributed by atoms with van der Waals surface area (Å²) in [6.07, 6.45) is 6.87. The van der Waals surface area contributed by atoms with E-state index in [1.807, 2.05) is 66.7 Å². The number of ether oxygens (including phenoxy) is 1. The molecule has 0 fully saturated rings. The number of anilines is 4. The maximum atomic E-state index is 12.6. The van der Waals surface area contributed by atoms with Crippen LogP contribution < -0.4 is 26.4 Å². The van der Waals surface area contributed by atoms with Gasteiger partial charge >= 0.3 is 0 Å². The number of rotatable bonds is 18. The molecule has 1 aromatic heterocycles. The van der Waals surface area contributed by atoms with Gasteiger partial charge in [0.2, 0.25) is 0 Å². The minimum absolute atomic E-state index is 0.138. The number of hydrogen-bond donors (Lipinski definition) is 3. The monoisotopic (exact) mass is 713 g/mol. The number of nitrogens with zero attached hydrogens (tertiary/aromatic N) is 4. The third-order valence-corrected chi connectivity index (χ3v) is 9.79. The zero-order valence-corrected chi connectivity index (χ0v) is 32.5. The molecule has 0 aliphatic heterocycles. The van der Waals surface area contributed by atoms with E-state index in [4.69, 9.17) is 16.2 Å². The highest BCUT2D eigenvalue weighted by Gasteiger charge is 2.18. The van der Waals surface area contributed by atoms with Gasteiger partial charge in [0.25, 0.3) is 5.91 Å². The first-order valence-corrected chi connectivity index (χ1v) is 19.3. The van der Waals surface area contributed by atoms with Crippen molar-refractivity contribution >= 4 is 50.1 Å². The number of unbranched alkanes of at least 4 members (excludes halogenated alkanes) is 1. The fraction of sp³-hybridized carbons (Fsp3) is 0.463. The fourth-order valence-corrected chi connectivity index (χ4v) is 6.28. The van der Waals surface area contributed by atoms with Crippen LogP contribution in [0.3, 0.4) is 0 Å². The number of benzene rings is 3. The Bertz CT molecular complexity index is 1600. The Hall–Kier alpha value is -4.44. The maximum Gasteiger partial charge on any atom is 0.255 e. The number of nitrogens with two attached hydrogens (primary N) is 2. The van der Waals surface area contributed by atoms with E-state index in [-0.39, 0.29) is 11.8 Å². The highest BCUT2D eigenvalue weighted by atomic mass is 32.1. The summed E-state index contributed by atoms with van der Waals surface area (Å²) in [7, 11) is 0. The van der Waals surface area contributed by atoms with Gasteiger partial charge in [-0.3, -0.25) is 4.79 Å². The van der Waals surface area contributed by atoms with Crippen LogP contribution in [-0.4, -0.2) is 30.6 Å². The molecule has 4 aromatic rings. The van der Waals surface area contributed by atoms with Crippen LogP contribution in [0.2, 0.25) is 0 Å². The van der Waals surface area contributed by atoms with Crippen LogP contribution in [-0.2, 0) is 0 Å². The summed E-state index contributed by atoms with van der Waals surface area (Å²) in [4.78, 5) is 19.4. The molecule has 0 aliphatic rings. The van der Waals surface area contributed by atoms with E-state index < -0.39 is 0 Å². The average molecular weight is 714 g/mol. The summed E-state index contributed by atoms with van der Waals surface area (Å²) < 4.78 is 5.62. The number of aromatic nitrogens is 1. The Morgan fingerprint density at radius 1 is 0.863 bits per heavy atom. The number of hydrogen-bond acceptors (Lipinski definition) is 9. The van der Waals surface area contributed by atoms with E-state index in [1.54, 1.807) is 0 Å². The fourth-order valence-electron chi connectivity index (χ4n) is 5.47. The largest absolute Gasteiger partial charge is 0.494 e. The van der Waals surface area contributed by atoms with Crippen LogP contribution in [0.1, 0.15) is 109 Å². The van der Waals surface area contributed by atoms with Crippen LogP contribution in [0, 0.1) is 11.8 Å². The summed E-state index contributed by atoms with van der Waals surface area (Å²) >= 11 is 1.36. The lowest BCUT2D eigenvalue weighted by molar-refractivity contribution is 0.102. The molecule has 5 N–H and O–H groups in total. The molecule has 0 saturated carbocycles. The Morgan fingerprint density at radius 2 is 1.49 bits per heavy atom. The molecule has 0 atom stereocenters. The molecule has 276 valence electrons. The third kappa shape index (κ3) is 13.3. The van der Waals surface area contributed by atoms with Gasteiger partial charge in [0.05, 0.1) is 29.4 Å². The molecular weight excluding hydrogens is 655 g/mol. The van der Waals surface area contributed by atoms with E-state index in [9.17, 15) is 4.79 Å². The normalized spacial score (nSPS) is 11.3. The van der Waals surface area contributed by atoms with Crippen molar-refractivity contribution in [2.75, 3.05) is 41.4 Å². The molecule has 0 radical (unpaired) electrons. The lowest BCUT2D eigenvalue weighted by atomic mass is 9.99. The van der Waals surface area contributed by atoms with Crippen molar-refractivity contribution in [1.29, 1.82) is 0 Å². The van der Waals surface area contributed by atoms with Gasteiger partial charge in [0, 0.05) is 24.3 Å². The number of thiazole rings is 1. The predicted octanol–water partition coefficient (Wildman–Crippen LogP) is 11.6. The van der Waals surface area contributed by atoms with Crippen molar-refractivity contribution in [3.63, 3.8) is 0 Å². The minimum atomic E-state index is -0.138. The van der Waals surface area contributed by atoms with Crippen LogP contribution in [0.4, 0.5) is 32.9 Å². The van der Waals surface area contributed by atoms with Crippen LogP contribution in [0.15, 0.2) is 83.0 Å². The van der Waals surface area contributed by atoms with E-state index >= 15 is 0 Å². The summed E-state index contributed by atoms with van der Waals surface area (Å²) in [6.45, 7) is 18.1. The van der Waals surface area contributed by atoms with E-state index in [1.165, 1.54) is 37.0 Å². The third-order valence-electron chi connectivity index (χ3n) is 9.01. The highest BCUT2D eigenvalue weighted by Crippen LogP contribution is 2.35. The minimum Gasteiger partial charge on any atom is -0.494 e. The van der Waals surface area contributed by atoms with Crippen molar-refractivity contribution < 1.29 is 9.53 Å². The van der Waals surface area contributed by atoms with Gasteiger partial charge in [-0.05, 0) is 78.8 Å². The summed E-state index contributed by atoms with van der Waals surface area (Å²) in [6, 6.07) is 22.9. The van der Waals surface area contributed by atoms with Crippen molar-refractivity contribution in [1.82, 2.24) is 4.98 Å². The molecule has 0 spiro atoms. The second kappa shape index (κ2) is 21.7. The summed E-state index contributed by atoms with van der Waals surface area (Å²) in [5, 5.41) is 12.8. The average Bonchev–Trinajstić information content (AvgIpc) is 3.53. The maximum absolute atomic E-state index is 12.6. The Kier molecular flexibility index (Phi) is 17.4. The van der Waals surface area contributed by atoms with Crippen molar-refractivity contribution in [2.24, 2.45) is 22.1 Å². The van der Waals surface area contributed by atoms with Crippen LogP contribution in [0.5, 0.6) is 5.75 Å². The van der Waals surface area contributed by atoms with Crippen molar-refractivity contribution in [2.45, 2.75) is 92.9 Å². The molecule has 0 aliphatic carbocycles. The standard InChI is InChI=1S/C25H37N3O.C16H22N4OS/c1-5-19(6-2)17-28(18-20(7-3)8-4)22-14-15-23(26)24(16-22)27-25(29)21-12-10-9-11-13-21;1-4-5-10-21-13-8-6-12(7-9-13)19-20-15-14(11(2)3)18-16(17)22-15/h9-16,19-20H,5-8,17-18,26H2,1-4H3,(H,27,29);6-9,11H,4-5,10H2,1-3H3,(H2,17,18). The molecule has 0 unspecified atom stereocenters. The highest BCUT2D eigenvalue weighted by molar-refractivity contribution is 7.19. The number of azo groups is 1. The molecule has 3 aromatic carbocycles. The van der Waals surface area contributed by atoms with Gasteiger partial charge in [-0.15, -0.1) is 10.2 Å².